The molecule has 0 amide bonds. The molecule has 0 saturated heterocycles. The van der Waals surface area contributed by atoms with E-state index in [0.29, 0.717) is 0 Å². The first-order chi connectivity index (χ1) is 8.08. The minimum Gasteiger partial charge on any atom is -0.479 e. The van der Waals surface area contributed by atoms with E-state index in [1.165, 1.54) is 20.3 Å². The van der Waals surface area contributed by atoms with Crippen LogP contribution in [-0.4, -0.2) is 43.0 Å². The van der Waals surface area contributed by atoms with Gasteiger partial charge >= 0.3 is 11.9 Å². The van der Waals surface area contributed by atoms with Gasteiger partial charge in [0.05, 0.1) is 14.2 Å². The Morgan fingerprint density at radius 3 is 2.59 bits per heavy atom. The van der Waals surface area contributed by atoms with Crippen LogP contribution in [0.25, 0.3) is 0 Å². The van der Waals surface area contributed by atoms with Gasteiger partial charge in [-0.15, -0.1) is 10.2 Å². The van der Waals surface area contributed by atoms with Gasteiger partial charge in [0.1, 0.15) is 0 Å². The van der Waals surface area contributed by atoms with E-state index in [1.807, 2.05) is 0 Å². The van der Waals surface area contributed by atoms with Crippen LogP contribution >= 0.6 is 11.6 Å². The van der Waals surface area contributed by atoms with Crippen molar-refractivity contribution in [3.63, 3.8) is 0 Å². The van der Waals surface area contributed by atoms with Crippen molar-refractivity contribution in [3.05, 3.63) is 16.9 Å². The maximum absolute atomic E-state index is 11.3. The van der Waals surface area contributed by atoms with Crippen molar-refractivity contribution >= 4 is 23.5 Å². The van der Waals surface area contributed by atoms with Crippen LogP contribution in [-0.2, 0) is 14.3 Å². The fourth-order valence-corrected chi connectivity index (χ4v) is 1.03. The summed E-state index contributed by atoms with van der Waals surface area (Å²) in [5.41, 5.74) is -0.166. The number of rotatable bonds is 4. The molecule has 1 aromatic heterocycles. The number of halogens is 1. The lowest BCUT2D eigenvalue weighted by molar-refractivity contribution is -0.142. The van der Waals surface area contributed by atoms with Crippen molar-refractivity contribution in [2.45, 2.75) is 0 Å². The maximum atomic E-state index is 11.3. The number of methoxy groups -OCH3 is 2. The molecule has 0 N–H and O–H groups in total. The number of nitrogens with zero attached hydrogens (tertiary/aromatic N) is 2. The molecule has 0 spiro atoms. The van der Waals surface area contributed by atoms with E-state index in [9.17, 15) is 9.59 Å². The largest absolute Gasteiger partial charge is 0.479 e. The zero-order chi connectivity index (χ0) is 12.8. The SMILES string of the molecule is COC(=O)COc1cc(Cl)nnc1C(=O)OC. The molecule has 7 nitrogen and oxygen atoms in total. The second-order valence-corrected chi connectivity index (χ2v) is 3.12. The molecule has 0 aliphatic heterocycles. The summed E-state index contributed by atoms with van der Waals surface area (Å²) < 4.78 is 13.9. The van der Waals surface area contributed by atoms with Gasteiger partial charge in [-0.2, -0.15) is 0 Å². The molecule has 8 heteroatoms. The third-order valence-electron chi connectivity index (χ3n) is 1.68. The van der Waals surface area contributed by atoms with Gasteiger partial charge in [-0.3, -0.25) is 0 Å². The number of hydrogen-bond acceptors (Lipinski definition) is 7. The zero-order valence-electron chi connectivity index (χ0n) is 9.10. The molecule has 0 fully saturated rings. The normalized spacial score (nSPS) is 9.59. The van der Waals surface area contributed by atoms with E-state index in [1.54, 1.807) is 0 Å². The summed E-state index contributed by atoms with van der Waals surface area (Å²) >= 11 is 5.59. The van der Waals surface area contributed by atoms with Crippen LogP contribution in [0.3, 0.4) is 0 Å². The van der Waals surface area contributed by atoms with Gasteiger partial charge in [-0.25, -0.2) is 9.59 Å². The Labute approximate surface area is 102 Å². The molecular weight excluding hydrogens is 252 g/mol. The maximum Gasteiger partial charge on any atom is 0.362 e. The molecule has 1 aromatic rings. The minimum absolute atomic E-state index is 0.00208. The van der Waals surface area contributed by atoms with Crippen molar-refractivity contribution in [1.82, 2.24) is 10.2 Å². The lowest BCUT2D eigenvalue weighted by Crippen LogP contribution is -2.16. The second-order valence-electron chi connectivity index (χ2n) is 2.74. The summed E-state index contributed by atoms with van der Waals surface area (Å²) in [6, 6.07) is 1.25. The molecule has 0 radical (unpaired) electrons. The van der Waals surface area contributed by atoms with Crippen molar-refractivity contribution in [2.75, 3.05) is 20.8 Å². The van der Waals surface area contributed by atoms with Gasteiger partial charge in [0, 0.05) is 6.07 Å². The third-order valence-corrected chi connectivity index (χ3v) is 1.87. The average molecular weight is 261 g/mol. The topological polar surface area (TPSA) is 87.6 Å². The Balaban J connectivity index is 2.91. The summed E-state index contributed by atoms with van der Waals surface area (Å²) in [6.07, 6.45) is 0. The molecule has 0 bridgehead atoms. The molecule has 1 rings (SSSR count). The Hall–Kier alpha value is -1.89. The van der Waals surface area contributed by atoms with Crippen molar-refractivity contribution in [3.8, 4) is 5.75 Å². The van der Waals surface area contributed by atoms with E-state index in [-0.39, 0.29) is 23.2 Å². The van der Waals surface area contributed by atoms with Crippen LogP contribution < -0.4 is 4.74 Å². The highest BCUT2D eigenvalue weighted by Crippen LogP contribution is 2.19. The summed E-state index contributed by atoms with van der Waals surface area (Å²) in [7, 11) is 2.40. The van der Waals surface area contributed by atoms with Crippen molar-refractivity contribution in [1.29, 1.82) is 0 Å². The molecule has 0 aromatic carbocycles. The van der Waals surface area contributed by atoms with Gasteiger partial charge in [0.2, 0.25) is 5.69 Å². The molecule has 92 valence electrons. The summed E-state index contributed by atoms with van der Waals surface area (Å²) in [6.45, 7) is -0.373. The molecule has 17 heavy (non-hydrogen) atoms. The average Bonchev–Trinajstić information content (AvgIpc) is 2.35. The Morgan fingerprint density at radius 1 is 1.29 bits per heavy atom. The third kappa shape index (κ3) is 3.56. The van der Waals surface area contributed by atoms with Gasteiger partial charge in [-0.05, 0) is 0 Å². The highest BCUT2D eigenvalue weighted by Gasteiger charge is 2.17. The fourth-order valence-electron chi connectivity index (χ4n) is 0.896. The molecule has 0 saturated carbocycles. The number of carbonyl (C=O) groups is 2. The van der Waals surface area contributed by atoms with E-state index in [4.69, 9.17) is 16.3 Å². The van der Waals surface area contributed by atoms with Crippen LogP contribution in [0.4, 0.5) is 0 Å². The van der Waals surface area contributed by atoms with E-state index >= 15 is 0 Å². The van der Waals surface area contributed by atoms with E-state index < -0.39 is 11.9 Å². The molecular formula is C9H9ClN2O5. The van der Waals surface area contributed by atoms with E-state index in [0.717, 1.165) is 0 Å². The molecule has 0 aliphatic rings. The summed E-state index contributed by atoms with van der Waals surface area (Å²) in [5, 5.41) is 7.02. The number of aromatic nitrogens is 2. The first kappa shape index (κ1) is 13.2. The van der Waals surface area contributed by atoms with Crippen LogP contribution in [0.1, 0.15) is 10.5 Å². The zero-order valence-corrected chi connectivity index (χ0v) is 9.85. The number of carbonyl (C=O) groups excluding carboxylic acids is 2. The smallest absolute Gasteiger partial charge is 0.362 e. The van der Waals surface area contributed by atoms with Crippen LogP contribution in [0.15, 0.2) is 6.07 Å². The number of hydrogen-bond donors (Lipinski definition) is 0. The Bertz CT molecular complexity index is 437. The van der Waals surface area contributed by atoms with E-state index in [2.05, 4.69) is 19.7 Å². The van der Waals surface area contributed by atoms with Crippen LogP contribution in [0.2, 0.25) is 5.15 Å². The molecule has 0 unspecified atom stereocenters. The molecule has 0 atom stereocenters. The standard InChI is InChI=1S/C9H9ClN2O5/c1-15-7(13)4-17-5-3-6(10)11-12-8(5)9(14)16-2/h3H,4H2,1-2H3. The highest BCUT2D eigenvalue weighted by atomic mass is 35.5. The number of esters is 2. The highest BCUT2D eigenvalue weighted by molar-refractivity contribution is 6.29. The predicted molar refractivity (Wildman–Crippen MR) is 55.9 cm³/mol. The lowest BCUT2D eigenvalue weighted by Gasteiger charge is -2.07. The fraction of sp³-hybridized carbons (Fsp3) is 0.333. The van der Waals surface area contributed by atoms with Crippen molar-refractivity contribution < 1.29 is 23.8 Å². The van der Waals surface area contributed by atoms with Gasteiger partial charge in [0.25, 0.3) is 0 Å². The van der Waals surface area contributed by atoms with Gasteiger partial charge in [0.15, 0.2) is 17.5 Å². The van der Waals surface area contributed by atoms with Crippen LogP contribution in [0, 0.1) is 0 Å². The quantitative estimate of drug-likeness (QED) is 0.727. The number of ether oxygens (including phenoxy) is 3. The first-order valence-electron chi connectivity index (χ1n) is 4.39. The Morgan fingerprint density at radius 2 is 2.00 bits per heavy atom. The predicted octanol–water partition coefficient (Wildman–Crippen LogP) is 0.468. The Kier molecular flexibility index (Phi) is 4.65. The van der Waals surface area contributed by atoms with Gasteiger partial charge in [-0.1, -0.05) is 11.6 Å². The second kappa shape index (κ2) is 6.00. The van der Waals surface area contributed by atoms with Crippen molar-refractivity contribution in [2.24, 2.45) is 0 Å². The first-order valence-corrected chi connectivity index (χ1v) is 4.77. The molecule has 0 aliphatic carbocycles. The summed E-state index contributed by atoms with van der Waals surface area (Å²) in [4.78, 5) is 22.2. The van der Waals surface area contributed by atoms with Crippen LogP contribution in [0.5, 0.6) is 5.75 Å². The lowest BCUT2D eigenvalue weighted by atomic mass is 10.3. The summed E-state index contributed by atoms with van der Waals surface area (Å²) in [5.74, 6) is -1.34. The minimum atomic E-state index is -0.742. The van der Waals surface area contributed by atoms with Gasteiger partial charge < -0.3 is 14.2 Å². The monoisotopic (exact) mass is 260 g/mol. The molecule has 1 heterocycles.